The lowest BCUT2D eigenvalue weighted by molar-refractivity contribution is -0.385. The van der Waals surface area contributed by atoms with Gasteiger partial charge in [0.2, 0.25) is 0 Å². The lowest BCUT2D eigenvalue weighted by Gasteiger charge is -2.11. The maximum Gasteiger partial charge on any atom is 0.306 e. The summed E-state index contributed by atoms with van der Waals surface area (Å²) in [6.45, 7) is 4.37. The summed E-state index contributed by atoms with van der Waals surface area (Å²) in [4.78, 5) is 18.7. The van der Waals surface area contributed by atoms with Gasteiger partial charge in [-0.05, 0) is 25.0 Å². The van der Waals surface area contributed by atoms with Crippen molar-refractivity contribution in [1.82, 2.24) is 25.4 Å². The predicted octanol–water partition coefficient (Wildman–Crippen LogP) is 2.26. The fraction of sp³-hybridized carbons (Fsp3) is 0.400. The Kier molecular flexibility index (Phi) is 9.88. The van der Waals surface area contributed by atoms with Crippen LogP contribution in [0.15, 0.2) is 35.7 Å². The highest BCUT2D eigenvalue weighted by molar-refractivity contribution is 14.0. The Morgan fingerprint density at radius 2 is 2.19 bits per heavy atom. The van der Waals surface area contributed by atoms with Gasteiger partial charge in [0.1, 0.15) is 17.5 Å². The summed E-state index contributed by atoms with van der Waals surface area (Å²) in [5.74, 6) is 0.686. The molecule has 0 aliphatic rings. The highest BCUT2D eigenvalue weighted by atomic mass is 127. The van der Waals surface area contributed by atoms with Gasteiger partial charge in [-0.3, -0.25) is 19.8 Å². The number of aromatic nitrogens is 3. The molecule has 0 aromatic carbocycles. The first-order valence-electron chi connectivity index (χ1n) is 7.88. The number of guanidine groups is 1. The van der Waals surface area contributed by atoms with Crippen LogP contribution in [0.3, 0.4) is 0 Å². The standard InChI is InChI=1S/C15H20ClN7O2.HI/c1-2-17-15(18-6-5-12-3-4-14(16)20-9-12)19-7-8-22-11-13(10-21-22)23(24)25;/h3-4,9-11H,2,5-8H2,1H3,(H2,17,18,19);1H. The fourth-order valence-corrected chi connectivity index (χ4v) is 2.16. The van der Waals surface area contributed by atoms with Gasteiger partial charge in [-0.2, -0.15) is 5.10 Å². The molecule has 0 saturated carbocycles. The number of hydrogen-bond donors (Lipinski definition) is 2. The minimum Gasteiger partial charge on any atom is -0.357 e. The number of nitrogens with one attached hydrogen (secondary N) is 2. The minimum absolute atomic E-state index is 0. The van der Waals surface area contributed by atoms with Gasteiger partial charge in [-0.25, -0.2) is 4.98 Å². The average molecular weight is 494 g/mol. The van der Waals surface area contributed by atoms with E-state index >= 15 is 0 Å². The molecule has 11 heteroatoms. The van der Waals surface area contributed by atoms with Crippen LogP contribution in [0.25, 0.3) is 0 Å². The molecular formula is C15H21ClIN7O2. The molecule has 0 aliphatic carbocycles. The monoisotopic (exact) mass is 493 g/mol. The fourth-order valence-electron chi connectivity index (χ4n) is 2.05. The molecule has 2 aromatic heterocycles. The second kappa shape index (κ2) is 11.6. The van der Waals surface area contributed by atoms with Crippen molar-refractivity contribution in [2.24, 2.45) is 4.99 Å². The topological polar surface area (TPSA) is 110 Å². The maximum atomic E-state index is 10.6. The first kappa shape index (κ1) is 22.1. The summed E-state index contributed by atoms with van der Waals surface area (Å²) < 4.78 is 1.52. The second-order valence-corrected chi connectivity index (χ2v) is 5.53. The molecule has 26 heavy (non-hydrogen) atoms. The summed E-state index contributed by atoms with van der Waals surface area (Å²) in [7, 11) is 0. The quantitative estimate of drug-likeness (QED) is 0.146. The predicted molar refractivity (Wildman–Crippen MR) is 111 cm³/mol. The molecule has 0 atom stereocenters. The molecular weight excluding hydrogens is 473 g/mol. The number of hydrogen-bond acceptors (Lipinski definition) is 5. The third-order valence-electron chi connectivity index (χ3n) is 3.27. The second-order valence-electron chi connectivity index (χ2n) is 5.15. The van der Waals surface area contributed by atoms with Crippen LogP contribution < -0.4 is 10.6 Å². The number of pyridine rings is 1. The van der Waals surface area contributed by atoms with Crippen molar-refractivity contribution in [3.8, 4) is 0 Å². The van der Waals surface area contributed by atoms with Crippen LogP contribution in [0.1, 0.15) is 12.5 Å². The van der Waals surface area contributed by atoms with Gasteiger partial charge >= 0.3 is 5.69 Å². The molecule has 0 bridgehead atoms. The van der Waals surface area contributed by atoms with Crippen molar-refractivity contribution in [2.75, 3.05) is 19.6 Å². The summed E-state index contributed by atoms with van der Waals surface area (Å²) in [5.41, 5.74) is 1.05. The van der Waals surface area contributed by atoms with Gasteiger partial charge in [-0.1, -0.05) is 17.7 Å². The number of halogens is 2. The molecule has 2 N–H and O–H groups in total. The summed E-state index contributed by atoms with van der Waals surface area (Å²) in [6, 6.07) is 3.68. The van der Waals surface area contributed by atoms with E-state index in [0.717, 1.165) is 18.5 Å². The van der Waals surface area contributed by atoms with Crippen LogP contribution in [0.5, 0.6) is 0 Å². The van der Waals surface area contributed by atoms with Gasteiger partial charge in [0, 0.05) is 25.8 Å². The molecule has 0 aliphatic heterocycles. The van der Waals surface area contributed by atoms with Crippen molar-refractivity contribution >= 4 is 47.2 Å². The molecule has 0 spiro atoms. The largest absolute Gasteiger partial charge is 0.357 e. The van der Waals surface area contributed by atoms with E-state index in [9.17, 15) is 10.1 Å². The SMILES string of the molecule is CCNC(=NCCc1ccc(Cl)nc1)NCCn1cc([N+](=O)[O-])cn1.I. The number of nitro groups is 1. The van der Waals surface area contributed by atoms with Gasteiger partial charge in [0.05, 0.1) is 11.5 Å². The van der Waals surface area contributed by atoms with E-state index < -0.39 is 4.92 Å². The molecule has 0 unspecified atom stereocenters. The Morgan fingerprint density at radius 1 is 1.38 bits per heavy atom. The van der Waals surface area contributed by atoms with Crippen molar-refractivity contribution in [3.05, 3.63) is 51.6 Å². The molecule has 2 heterocycles. The third-order valence-corrected chi connectivity index (χ3v) is 3.49. The summed E-state index contributed by atoms with van der Waals surface area (Å²) >= 11 is 5.76. The molecule has 0 amide bonds. The molecule has 2 aromatic rings. The van der Waals surface area contributed by atoms with E-state index in [1.807, 2.05) is 13.0 Å². The molecule has 0 radical (unpaired) electrons. The van der Waals surface area contributed by atoms with Gasteiger partial charge in [-0.15, -0.1) is 24.0 Å². The number of nitrogens with zero attached hydrogens (tertiary/aromatic N) is 5. The zero-order chi connectivity index (χ0) is 18.1. The minimum atomic E-state index is -0.464. The highest BCUT2D eigenvalue weighted by Crippen LogP contribution is 2.07. The van der Waals surface area contributed by atoms with Crippen molar-refractivity contribution in [2.45, 2.75) is 19.9 Å². The van der Waals surface area contributed by atoms with E-state index in [1.54, 1.807) is 12.3 Å². The molecule has 0 saturated heterocycles. The van der Waals surface area contributed by atoms with Crippen LogP contribution in [0.4, 0.5) is 5.69 Å². The normalized spacial score (nSPS) is 10.9. The average Bonchev–Trinajstić information content (AvgIpc) is 3.06. The van der Waals surface area contributed by atoms with E-state index in [4.69, 9.17) is 11.6 Å². The van der Waals surface area contributed by atoms with Crippen LogP contribution in [-0.2, 0) is 13.0 Å². The lowest BCUT2D eigenvalue weighted by Crippen LogP contribution is -2.39. The van der Waals surface area contributed by atoms with Crippen LogP contribution >= 0.6 is 35.6 Å². The molecule has 142 valence electrons. The van der Waals surface area contributed by atoms with Crippen LogP contribution in [0.2, 0.25) is 5.15 Å². The van der Waals surface area contributed by atoms with Crippen molar-refractivity contribution in [3.63, 3.8) is 0 Å². The van der Waals surface area contributed by atoms with E-state index in [0.29, 0.717) is 30.7 Å². The summed E-state index contributed by atoms with van der Waals surface area (Å²) in [6.07, 6.45) is 5.13. The van der Waals surface area contributed by atoms with Crippen molar-refractivity contribution in [1.29, 1.82) is 0 Å². The Labute approximate surface area is 173 Å². The first-order valence-corrected chi connectivity index (χ1v) is 8.25. The Balaban J connectivity index is 0.00000338. The zero-order valence-corrected chi connectivity index (χ0v) is 17.3. The van der Waals surface area contributed by atoms with Gasteiger partial charge in [0.25, 0.3) is 0 Å². The van der Waals surface area contributed by atoms with E-state index in [-0.39, 0.29) is 29.7 Å². The zero-order valence-electron chi connectivity index (χ0n) is 14.3. The van der Waals surface area contributed by atoms with Gasteiger partial charge in [0.15, 0.2) is 5.96 Å². The highest BCUT2D eigenvalue weighted by Gasteiger charge is 2.08. The van der Waals surface area contributed by atoms with Crippen molar-refractivity contribution < 1.29 is 4.92 Å². The summed E-state index contributed by atoms with van der Waals surface area (Å²) in [5, 5.41) is 21.4. The molecule has 9 nitrogen and oxygen atoms in total. The van der Waals surface area contributed by atoms with E-state index in [2.05, 4.69) is 25.7 Å². The Morgan fingerprint density at radius 3 is 2.81 bits per heavy atom. The Bertz CT molecular complexity index is 721. The number of aliphatic imine (C=N–C) groups is 1. The smallest absolute Gasteiger partial charge is 0.306 e. The van der Waals surface area contributed by atoms with E-state index in [1.165, 1.54) is 17.1 Å². The van der Waals surface area contributed by atoms with Crippen LogP contribution in [-0.4, -0.2) is 45.3 Å². The van der Waals surface area contributed by atoms with Crippen LogP contribution in [0, 0.1) is 10.1 Å². The molecule has 2 rings (SSSR count). The Hall–Kier alpha value is -1.95. The number of rotatable bonds is 8. The molecule has 0 fully saturated rings. The maximum absolute atomic E-state index is 10.6. The van der Waals surface area contributed by atoms with Gasteiger partial charge < -0.3 is 10.6 Å². The lowest BCUT2D eigenvalue weighted by atomic mass is 10.2. The first-order chi connectivity index (χ1) is 12.1. The third kappa shape index (κ3) is 7.52.